The maximum atomic E-state index is 12.4. The number of guanidine groups is 1. The van der Waals surface area contributed by atoms with E-state index in [1.165, 1.54) is 6.26 Å². The standard InChI is InChI=1S/C23H23N5O3S/c1-24-23(28-12-10-27(11-13-28)22(29)19-6-4-14-30-19)25-15-16-8-9-18(31-16)21-26-17-5-2-3-7-20(17)32-21/h2-9,14H,10-13,15H2,1H3,(H,24,25). The number of hydrogen-bond acceptors (Lipinski definition) is 6. The number of para-hydroxylation sites is 1. The molecule has 1 amide bonds. The van der Waals surface area contributed by atoms with Gasteiger partial charge in [-0.15, -0.1) is 11.3 Å². The second-order valence-corrected chi connectivity index (χ2v) is 8.44. The summed E-state index contributed by atoms with van der Waals surface area (Å²) in [5.74, 6) is 2.67. The van der Waals surface area contributed by atoms with Gasteiger partial charge in [0.25, 0.3) is 5.91 Å². The van der Waals surface area contributed by atoms with E-state index in [9.17, 15) is 4.79 Å². The Kier molecular flexibility index (Phi) is 5.64. The van der Waals surface area contributed by atoms with Crippen molar-refractivity contribution in [1.82, 2.24) is 20.1 Å². The monoisotopic (exact) mass is 449 g/mol. The Hall–Kier alpha value is -3.59. The van der Waals surface area contributed by atoms with Gasteiger partial charge >= 0.3 is 0 Å². The van der Waals surface area contributed by atoms with Crippen molar-refractivity contribution < 1.29 is 13.6 Å². The lowest BCUT2D eigenvalue weighted by Crippen LogP contribution is -2.53. The maximum absolute atomic E-state index is 12.4. The maximum Gasteiger partial charge on any atom is 0.289 e. The van der Waals surface area contributed by atoms with E-state index < -0.39 is 0 Å². The summed E-state index contributed by atoms with van der Waals surface area (Å²) in [4.78, 5) is 25.4. The van der Waals surface area contributed by atoms with E-state index >= 15 is 0 Å². The molecule has 4 heterocycles. The first-order valence-electron chi connectivity index (χ1n) is 10.4. The van der Waals surface area contributed by atoms with Crippen LogP contribution in [-0.2, 0) is 6.54 Å². The molecule has 0 bridgehead atoms. The Morgan fingerprint density at radius 3 is 2.66 bits per heavy atom. The van der Waals surface area contributed by atoms with Crippen LogP contribution in [0.15, 0.2) is 68.6 Å². The number of amides is 1. The molecule has 3 aromatic heterocycles. The summed E-state index contributed by atoms with van der Waals surface area (Å²) in [5, 5.41) is 4.24. The Labute approximate surface area is 189 Å². The van der Waals surface area contributed by atoms with Crippen molar-refractivity contribution in [2.75, 3.05) is 33.2 Å². The van der Waals surface area contributed by atoms with Crippen LogP contribution in [0.4, 0.5) is 0 Å². The smallest absolute Gasteiger partial charge is 0.289 e. The first-order valence-corrected chi connectivity index (χ1v) is 11.3. The van der Waals surface area contributed by atoms with Crippen molar-refractivity contribution in [3.05, 3.63) is 66.3 Å². The highest BCUT2D eigenvalue weighted by Crippen LogP contribution is 2.31. The third-order valence-electron chi connectivity index (χ3n) is 5.40. The summed E-state index contributed by atoms with van der Waals surface area (Å²) in [6, 6.07) is 15.4. The second kappa shape index (κ2) is 8.88. The molecule has 1 aromatic carbocycles. The third-order valence-corrected chi connectivity index (χ3v) is 6.45. The minimum absolute atomic E-state index is 0.0736. The predicted molar refractivity (Wildman–Crippen MR) is 124 cm³/mol. The van der Waals surface area contributed by atoms with Crippen molar-refractivity contribution in [2.24, 2.45) is 4.99 Å². The minimum atomic E-state index is -0.0736. The van der Waals surface area contributed by atoms with Gasteiger partial charge in [-0.25, -0.2) is 4.98 Å². The van der Waals surface area contributed by atoms with Crippen LogP contribution >= 0.6 is 11.3 Å². The SMILES string of the molecule is CN=C(NCc1ccc(-c2nc3ccccc3s2)o1)N1CCN(C(=O)c2ccco2)CC1. The number of thiazole rings is 1. The number of piperazine rings is 1. The fraction of sp³-hybridized carbons (Fsp3) is 0.261. The molecule has 1 aliphatic heterocycles. The molecule has 1 N–H and O–H groups in total. The summed E-state index contributed by atoms with van der Waals surface area (Å²) in [7, 11) is 1.76. The van der Waals surface area contributed by atoms with Gasteiger partial charge in [0.05, 0.1) is 23.0 Å². The number of aliphatic imine (C=N–C) groups is 1. The van der Waals surface area contributed by atoms with E-state index in [1.54, 1.807) is 35.4 Å². The number of hydrogen-bond donors (Lipinski definition) is 1. The van der Waals surface area contributed by atoms with Crippen molar-refractivity contribution in [1.29, 1.82) is 0 Å². The van der Waals surface area contributed by atoms with Gasteiger partial charge in [0.1, 0.15) is 5.76 Å². The van der Waals surface area contributed by atoms with Crippen LogP contribution in [0.5, 0.6) is 0 Å². The molecule has 164 valence electrons. The molecular weight excluding hydrogens is 426 g/mol. The average molecular weight is 450 g/mol. The molecule has 32 heavy (non-hydrogen) atoms. The van der Waals surface area contributed by atoms with E-state index in [0.717, 1.165) is 32.7 Å². The van der Waals surface area contributed by atoms with Crippen molar-refractivity contribution >= 4 is 33.4 Å². The fourth-order valence-electron chi connectivity index (χ4n) is 3.74. The van der Waals surface area contributed by atoms with Gasteiger partial charge in [0.15, 0.2) is 22.5 Å². The van der Waals surface area contributed by atoms with Crippen LogP contribution in [0.1, 0.15) is 16.3 Å². The van der Waals surface area contributed by atoms with Crippen LogP contribution in [-0.4, -0.2) is 59.9 Å². The van der Waals surface area contributed by atoms with Crippen molar-refractivity contribution in [2.45, 2.75) is 6.54 Å². The van der Waals surface area contributed by atoms with Gasteiger partial charge in [0, 0.05) is 33.2 Å². The van der Waals surface area contributed by atoms with Crippen molar-refractivity contribution in [3.8, 4) is 10.8 Å². The van der Waals surface area contributed by atoms with Gasteiger partial charge in [-0.1, -0.05) is 12.1 Å². The first kappa shape index (κ1) is 20.3. The van der Waals surface area contributed by atoms with Gasteiger partial charge in [-0.05, 0) is 36.4 Å². The number of fused-ring (bicyclic) bond motifs is 1. The molecule has 0 aliphatic carbocycles. The van der Waals surface area contributed by atoms with Crippen LogP contribution < -0.4 is 5.32 Å². The van der Waals surface area contributed by atoms with Crippen molar-refractivity contribution in [3.63, 3.8) is 0 Å². The lowest BCUT2D eigenvalue weighted by Gasteiger charge is -2.36. The molecule has 0 unspecified atom stereocenters. The summed E-state index contributed by atoms with van der Waals surface area (Å²) in [6.07, 6.45) is 1.52. The van der Waals surface area contributed by atoms with Crippen LogP contribution in [0.25, 0.3) is 21.0 Å². The largest absolute Gasteiger partial charge is 0.459 e. The average Bonchev–Trinajstić information content (AvgIpc) is 3.60. The molecule has 4 aromatic rings. The molecule has 9 heteroatoms. The Morgan fingerprint density at radius 1 is 1.09 bits per heavy atom. The summed E-state index contributed by atoms with van der Waals surface area (Å²) in [5.41, 5.74) is 0.980. The molecule has 5 rings (SSSR count). The summed E-state index contributed by atoms with van der Waals surface area (Å²) < 4.78 is 12.4. The Morgan fingerprint density at radius 2 is 1.91 bits per heavy atom. The van der Waals surface area contributed by atoms with Gasteiger partial charge in [-0.3, -0.25) is 9.79 Å². The van der Waals surface area contributed by atoms with E-state index in [2.05, 4.69) is 26.3 Å². The highest BCUT2D eigenvalue weighted by atomic mass is 32.1. The number of nitrogens with one attached hydrogen (secondary N) is 1. The van der Waals surface area contributed by atoms with Gasteiger partial charge < -0.3 is 24.0 Å². The van der Waals surface area contributed by atoms with Crippen LogP contribution in [0, 0.1) is 0 Å². The number of carbonyl (C=O) groups is 1. The minimum Gasteiger partial charge on any atom is -0.459 e. The topological polar surface area (TPSA) is 87.1 Å². The molecule has 1 aliphatic rings. The number of benzene rings is 1. The van der Waals surface area contributed by atoms with E-state index in [-0.39, 0.29) is 5.91 Å². The zero-order chi connectivity index (χ0) is 21.9. The third kappa shape index (κ3) is 4.11. The quantitative estimate of drug-likeness (QED) is 0.378. The predicted octanol–water partition coefficient (Wildman–Crippen LogP) is 3.68. The number of aromatic nitrogens is 1. The lowest BCUT2D eigenvalue weighted by atomic mass is 10.3. The molecule has 8 nitrogen and oxygen atoms in total. The highest BCUT2D eigenvalue weighted by molar-refractivity contribution is 7.21. The van der Waals surface area contributed by atoms with E-state index in [1.807, 2.05) is 30.3 Å². The second-order valence-electron chi connectivity index (χ2n) is 7.41. The Balaban J connectivity index is 1.17. The van der Waals surface area contributed by atoms with Crippen LogP contribution in [0.2, 0.25) is 0 Å². The normalized spacial score (nSPS) is 14.8. The van der Waals surface area contributed by atoms with E-state index in [0.29, 0.717) is 38.5 Å². The molecule has 1 fully saturated rings. The molecule has 0 atom stereocenters. The summed E-state index contributed by atoms with van der Waals surface area (Å²) in [6.45, 7) is 3.14. The number of furan rings is 2. The number of carbonyl (C=O) groups excluding carboxylic acids is 1. The van der Waals surface area contributed by atoms with Gasteiger partial charge in [0.2, 0.25) is 0 Å². The zero-order valence-electron chi connectivity index (χ0n) is 17.7. The Bertz CT molecular complexity index is 1200. The van der Waals surface area contributed by atoms with Crippen LogP contribution in [0.3, 0.4) is 0 Å². The number of rotatable bonds is 4. The fourth-order valence-corrected chi connectivity index (χ4v) is 4.67. The number of nitrogens with zero attached hydrogens (tertiary/aromatic N) is 4. The first-order chi connectivity index (χ1) is 15.7. The lowest BCUT2D eigenvalue weighted by molar-refractivity contribution is 0.0657. The van der Waals surface area contributed by atoms with Gasteiger partial charge in [-0.2, -0.15) is 0 Å². The molecule has 0 radical (unpaired) electrons. The van der Waals surface area contributed by atoms with E-state index in [4.69, 9.17) is 8.83 Å². The molecule has 0 spiro atoms. The molecule has 1 saturated heterocycles. The molecule has 0 saturated carbocycles. The summed E-state index contributed by atoms with van der Waals surface area (Å²) >= 11 is 1.62. The highest BCUT2D eigenvalue weighted by Gasteiger charge is 2.25. The zero-order valence-corrected chi connectivity index (χ0v) is 18.5. The molecular formula is C23H23N5O3S.